The molecule has 60 valence electrons. The normalized spacial score (nSPS) is 53.6. The number of ketones is 1. The molecule has 0 heterocycles. The summed E-state index contributed by atoms with van der Waals surface area (Å²) < 4.78 is 0. The van der Waals surface area contributed by atoms with Crippen LogP contribution in [0.2, 0.25) is 0 Å². The second-order valence-electron chi connectivity index (χ2n) is 4.62. The van der Waals surface area contributed by atoms with E-state index in [1.165, 1.54) is 32.1 Å². The van der Waals surface area contributed by atoms with Gasteiger partial charge in [0.25, 0.3) is 0 Å². The quantitative estimate of drug-likeness (QED) is 0.516. The van der Waals surface area contributed by atoms with Crippen LogP contribution in [0.5, 0.6) is 0 Å². The van der Waals surface area contributed by atoms with Gasteiger partial charge in [-0.15, -0.1) is 0 Å². The second kappa shape index (κ2) is 1.88. The monoisotopic (exact) mass is 150 g/mol. The van der Waals surface area contributed by atoms with Gasteiger partial charge in [0.05, 0.1) is 0 Å². The van der Waals surface area contributed by atoms with Crippen molar-refractivity contribution in [2.24, 2.45) is 23.7 Å². The molecule has 3 aliphatic rings. The first kappa shape index (κ1) is 6.22. The van der Waals surface area contributed by atoms with Crippen molar-refractivity contribution in [1.82, 2.24) is 0 Å². The maximum absolute atomic E-state index is 11.6. The lowest BCUT2D eigenvalue weighted by Crippen LogP contribution is -2.30. The summed E-state index contributed by atoms with van der Waals surface area (Å²) in [5.41, 5.74) is 0. The molecular weight excluding hydrogens is 136 g/mol. The first-order valence-electron chi connectivity index (χ1n) is 4.88. The maximum Gasteiger partial charge on any atom is 0.139 e. The van der Waals surface area contributed by atoms with E-state index in [9.17, 15) is 4.79 Å². The van der Waals surface area contributed by atoms with Crippen LogP contribution in [0.4, 0.5) is 0 Å². The molecule has 0 amide bonds. The summed E-state index contributed by atoms with van der Waals surface area (Å²) in [6.07, 6.45) is 6.52. The van der Waals surface area contributed by atoms with Gasteiger partial charge in [0.15, 0.2) is 0 Å². The minimum Gasteiger partial charge on any atom is -0.299 e. The molecule has 0 saturated heterocycles. The van der Waals surface area contributed by atoms with E-state index in [1.807, 2.05) is 0 Å². The Balaban J connectivity index is 2.01. The van der Waals surface area contributed by atoms with E-state index in [0.29, 0.717) is 17.6 Å². The Hall–Kier alpha value is -0.330. The third-order valence-corrected chi connectivity index (χ3v) is 4.07. The van der Waals surface area contributed by atoms with Gasteiger partial charge in [-0.3, -0.25) is 4.79 Å². The van der Waals surface area contributed by atoms with Gasteiger partial charge in [-0.05, 0) is 37.5 Å². The zero-order valence-electron chi connectivity index (χ0n) is 6.75. The molecule has 0 aliphatic heterocycles. The number of carbonyl (C=O) groups excluding carboxylic acids is 1. The highest BCUT2D eigenvalue weighted by molar-refractivity contribution is 5.86. The fourth-order valence-electron chi connectivity index (χ4n) is 3.56. The summed E-state index contributed by atoms with van der Waals surface area (Å²) in [7, 11) is 0. The van der Waals surface area contributed by atoms with E-state index in [4.69, 9.17) is 0 Å². The topological polar surface area (TPSA) is 17.1 Å². The van der Waals surface area contributed by atoms with Crippen LogP contribution in [0.1, 0.15) is 32.1 Å². The van der Waals surface area contributed by atoms with Crippen LogP contribution in [0.3, 0.4) is 0 Å². The van der Waals surface area contributed by atoms with Crippen molar-refractivity contribution in [3.05, 3.63) is 0 Å². The van der Waals surface area contributed by atoms with Gasteiger partial charge in [-0.25, -0.2) is 0 Å². The molecule has 4 atom stereocenters. The Kier molecular flexibility index (Phi) is 1.06. The Bertz CT molecular complexity index is 205. The van der Waals surface area contributed by atoms with Gasteiger partial charge in [0.2, 0.25) is 0 Å². The van der Waals surface area contributed by atoms with Crippen molar-refractivity contribution in [1.29, 1.82) is 0 Å². The minimum atomic E-state index is 0.506. The molecule has 1 heteroatoms. The summed E-state index contributed by atoms with van der Waals surface area (Å²) in [4.78, 5) is 11.6. The predicted molar refractivity (Wildman–Crippen MR) is 42.1 cm³/mol. The van der Waals surface area contributed by atoms with E-state index in [-0.39, 0.29) is 0 Å². The van der Waals surface area contributed by atoms with Crippen LogP contribution in [-0.4, -0.2) is 5.78 Å². The molecule has 0 aromatic carbocycles. The standard InChI is InChI=1S/C10H14O/c11-10-8-3-6-1-2-7(5-8)9(10)4-6/h6-9H,1-5H2. The van der Waals surface area contributed by atoms with Gasteiger partial charge in [0, 0.05) is 11.8 Å². The Labute approximate surface area is 67.2 Å². The molecule has 1 nitrogen and oxygen atoms in total. The minimum absolute atomic E-state index is 0.506. The third kappa shape index (κ3) is 0.692. The Morgan fingerprint density at radius 1 is 1.09 bits per heavy atom. The largest absolute Gasteiger partial charge is 0.299 e. The van der Waals surface area contributed by atoms with Crippen molar-refractivity contribution in [3.8, 4) is 0 Å². The Morgan fingerprint density at radius 2 is 2.00 bits per heavy atom. The van der Waals surface area contributed by atoms with Crippen LogP contribution in [-0.2, 0) is 4.79 Å². The molecule has 4 unspecified atom stereocenters. The van der Waals surface area contributed by atoms with E-state index in [1.54, 1.807) is 0 Å². The fraction of sp³-hybridized carbons (Fsp3) is 0.900. The van der Waals surface area contributed by atoms with E-state index >= 15 is 0 Å². The molecule has 11 heavy (non-hydrogen) atoms. The lowest BCUT2D eigenvalue weighted by atomic mass is 9.72. The highest BCUT2D eigenvalue weighted by Gasteiger charge is 2.49. The molecule has 0 aromatic heterocycles. The number of fused-ring (bicyclic) bond motifs is 2. The van der Waals surface area contributed by atoms with Crippen LogP contribution >= 0.6 is 0 Å². The summed E-state index contributed by atoms with van der Waals surface area (Å²) in [6, 6.07) is 0. The molecule has 3 rings (SSSR count). The molecule has 3 aliphatic carbocycles. The smallest absolute Gasteiger partial charge is 0.139 e. The van der Waals surface area contributed by atoms with Crippen LogP contribution in [0.15, 0.2) is 0 Å². The first-order chi connectivity index (χ1) is 5.34. The molecule has 0 aromatic rings. The number of rotatable bonds is 0. The molecule has 0 spiro atoms. The van der Waals surface area contributed by atoms with Gasteiger partial charge >= 0.3 is 0 Å². The number of carbonyl (C=O) groups is 1. The zero-order valence-corrected chi connectivity index (χ0v) is 6.75. The van der Waals surface area contributed by atoms with Gasteiger partial charge < -0.3 is 0 Å². The number of hydrogen-bond acceptors (Lipinski definition) is 1. The highest BCUT2D eigenvalue weighted by atomic mass is 16.1. The van der Waals surface area contributed by atoms with Gasteiger partial charge in [-0.1, -0.05) is 6.42 Å². The van der Waals surface area contributed by atoms with E-state index < -0.39 is 0 Å². The SMILES string of the molecule is O=C1C2CC3CCC(C2)C1C3. The predicted octanol–water partition coefficient (Wildman–Crippen LogP) is 2.01. The van der Waals surface area contributed by atoms with E-state index in [0.717, 1.165) is 11.8 Å². The molecule has 3 bridgehead atoms. The van der Waals surface area contributed by atoms with Crippen LogP contribution < -0.4 is 0 Å². The lowest BCUT2D eigenvalue weighted by molar-refractivity contribution is -0.128. The van der Waals surface area contributed by atoms with Crippen LogP contribution in [0.25, 0.3) is 0 Å². The lowest BCUT2D eigenvalue weighted by Gasteiger charge is -2.32. The van der Waals surface area contributed by atoms with Crippen molar-refractivity contribution >= 4 is 5.78 Å². The Morgan fingerprint density at radius 3 is 2.91 bits per heavy atom. The van der Waals surface area contributed by atoms with Gasteiger partial charge in [-0.2, -0.15) is 0 Å². The van der Waals surface area contributed by atoms with Crippen molar-refractivity contribution in [2.75, 3.05) is 0 Å². The molecule has 0 radical (unpaired) electrons. The summed E-state index contributed by atoms with van der Waals surface area (Å²) in [5, 5.41) is 0. The highest BCUT2D eigenvalue weighted by Crippen LogP contribution is 2.52. The molecular formula is C10H14O. The van der Waals surface area contributed by atoms with Crippen molar-refractivity contribution in [2.45, 2.75) is 32.1 Å². The zero-order chi connectivity index (χ0) is 7.42. The second-order valence-corrected chi connectivity index (χ2v) is 4.62. The third-order valence-electron chi connectivity index (χ3n) is 4.07. The van der Waals surface area contributed by atoms with Crippen LogP contribution in [0, 0.1) is 23.7 Å². The summed E-state index contributed by atoms with van der Waals surface area (Å²) in [5.74, 6) is 3.40. The van der Waals surface area contributed by atoms with Crippen molar-refractivity contribution in [3.63, 3.8) is 0 Å². The summed E-state index contributed by atoms with van der Waals surface area (Å²) in [6.45, 7) is 0. The fourth-order valence-corrected chi connectivity index (χ4v) is 3.56. The van der Waals surface area contributed by atoms with E-state index in [2.05, 4.69) is 0 Å². The van der Waals surface area contributed by atoms with Crippen molar-refractivity contribution < 1.29 is 4.79 Å². The maximum atomic E-state index is 11.6. The molecule has 0 N–H and O–H groups in total. The average molecular weight is 150 g/mol. The number of Topliss-reactive ketones (excluding diaryl/α,β-unsaturated/α-hetero) is 1. The molecule has 3 fully saturated rings. The average Bonchev–Trinajstić information content (AvgIpc) is 2.29. The molecule has 3 saturated carbocycles. The number of hydrogen-bond donors (Lipinski definition) is 0. The summed E-state index contributed by atoms with van der Waals surface area (Å²) >= 11 is 0. The first-order valence-corrected chi connectivity index (χ1v) is 4.88. The van der Waals surface area contributed by atoms with Gasteiger partial charge in [0.1, 0.15) is 5.78 Å².